The lowest BCUT2D eigenvalue weighted by Crippen LogP contribution is -2.40. The van der Waals surface area contributed by atoms with Crippen LogP contribution in [0, 0.1) is 0 Å². The molecule has 128 valence electrons. The van der Waals surface area contributed by atoms with Gasteiger partial charge in [-0.2, -0.15) is 0 Å². The molecule has 1 atom stereocenters. The number of likely N-dealkylation sites (N-methyl/N-ethyl adjacent to an activating group) is 1. The molecule has 2 rings (SSSR count). The van der Waals surface area contributed by atoms with Crippen LogP contribution >= 0.6 is 0 Å². The number of amides is 2. The Bertz CT molecular complexity index is 644. The Labute approximate surface area is 142 Å². The first-order valence-electron chi connectivity index (χ1n) is 7.97. The molecule has 0 aliphatic rings. The molecule has 0 aliphatic carbocycles. The van der Waals surface area contributed by atoms with E-state index < -0.39 is 6.10 Å². The zero-order valence-corrected chi connectivity index (χ0v) is 14.1. The molecule has 5 heteroatoms. The summed E-state index contributed by atoms with van der Waals surface area (Å²) in [6.45, 7) is 2.86. The van der Waals surface area contributed by atoms with E-state index in [9.17, 15) is 9.90 Å². The summed E-state index contributed by atoms with van der Waals surface area (Å²) in [4.78, 5) is 13.4. The van der Waals surface area contributed by atoms with E-state index in [1.807, 2.05) is 54.6 Å². The molecule has 0 radical (unpaired) electrons. The van der Waals surface area contributed by atoms with Crippen LogP contribution in [0.15, 0.2) is 54.6 Å². The molecule has 1 unspecified atom stereocenters. The predicted molar refractivity (Wildman–Crippen MR) is 93.8 cm³/mol. The minimum absolute atomic E-state index is 0.216. The van der Waals surface area contributed by atoms with Crippen molar-refractivity contribution in [3.05, 3.63) is 65.7 Å². The first-order valence-corrected chi connectivity index (χ1v) is 7.97. The number of urea groups is 1. The molecule has 2 aromatic rings. The normalized spacial score (nSPS) is 11.6. The van der Waals surface area contributed by atoms with E-state index in [0.717, 1.165) is 16.9 Å². The maximum absolute atomic E-state index is 11.9. The molecule has 2 amide bonds. The van der Waals surface area contributed by atoms with Crippen molar-refractivity contribution in [2.75, 3.05) is 13.6 Å². The largest absolute Gasteiger partial charge is 0.489 e. The third-order valence-electron chi connectivity index (χ3n) is 3.48. The van der Waals surface area contributed by atoms with Gasteiger partial charge in [0, 0.05) is 20.1 Å². The number of nitrogens with one attached hydrogen (secondary N) is 1. The zero-order valence-electron chi connectivity index (χ0n) is 14.1. The fourth-order valence-electron chi connectivity index (χ4n) is 2.28. The van der Waals surface area contributed by atoms with Crippen molar-refractivity contribution < 1.29 is 14.6 Å². The van der Waals surface area contributed by atoms with E-state index in [0.29, 0.717) is 19.7 Å². The third kappa shape index (κ3) is 5.93. The quantitative estimate of drug-likeness (QED) is 0.821. The smallest absolute Gasteiger partial charge is 0.317 e. The lowest BCUT2D eigenvalue weighted by molar-refractivity contribution is 0.143. The van der Waals surface area contributed by atoms with Gasteiger partial charge in [-0.25, -0.2) is 4.79 Å². The zero-order chi connectivity index (χ0) is 17.4. The lowest BCUT2D eigenvalue weighted by Gasteiger charge is -2.19. The van der Waals surface area contributed by atoms with Crippen molar-refractivity contribution in [1.29, 1.82) is 0 Å². The molecule has 0 fully saturated rings. The monoisotopic (exact) mass is 328 g/mol. The second-order valence-electron chi connectivity index (χ2n) is 5.81. The van der Waals surface area contributed by atoms with E-state index in [1.54, 1.807) is 14.0 Å². The number of nitrogens with zero attached hydrogens (tertiary/aromatic N) is 1. The molecule has 0 saturated carbocycles. The predicted octanol–water partition coefficient (Wildman–Crippen LogP) is 2.79. The number of aliphatic hydroxyl groups excluding tert-OH is 1. The summed E-state index contributed by atoms with van der Waals surface area (Å²) in [7, 11) is 1.65. The van der Waals surface area contributed by atoms with Gasteiger partial charge in [0.1, 0.15) is 12.4 Å². The highest BCUT2D eigenvalue weighted by Gasteiger charge is 2.10. The van der Waals surface area contributed by atoms with Crippen LogP contribution in [-0.2, 0) is 13.2 Å². The van der Waals surface area contributed by atoms with Crippen LogP contribution in [0.5, 0.6) is 5.75 Å². The van der Waals surface area contributed by atoms with Crippen LogP contribution in [0.4, 0.5) is 4.79 Å². The summed E-state index contributed by atoms with van der Waals surface area (Å²) in [5, 5.41) is 12.1. The number of carbonyl (C=O) groups excluding carboxylic acids is 1. The summed E-state index contributed by atoms with van der Waals surface area (Å²) in [6, 6.07) is 17.4. The van der Waals surface area contributed by atoms with Gasteiger partial charge >= 0.3 is 6.03 Å². The van der Waals surface area contributed by atoms with Crippen molar-refractivity contribution in [2.45, 2.75) is 26.2 Å². The Morgan fingerprint density at radius 1 is 1.17 bits per heavy atom. The molecule has 5 nitrogen and oxygen atoms in total. The van der Waals surface area contributed by atoms with Gasteiger partial charge < -0.3 is 20.1 Å². The summed E-state index contributed by atoms with van der Waals surface area (Å²) in [6.07, 6.45) is -0.546. The maximum atomic E-state index is 11.9. The standard InChI is InChI=1S/C19H24N2O3/c1-15(22)13-21(2)19(23)20-12-17-9-6-10-18(11-17)24-14-16-7-4-3-5-8-16/h3-11,15,22H,12-14H2,1-2H3,(H,20,23). The van der Waals surface area contributed by atoms with Gasteiger partial charge in [0.05, 0.1) is 6.10 Å². The minimum atomic E-state index is -0.546. The number of hydrogen-bond acceptors (Lipinski definition) is 3. The molecule has 0 saturated heterocycles. The van der Waals surface area contributed by atoms with Crippen molar-refractivity contribution in [3.63, 3.8) is 0 Å². The second-order valence-corrected chi connectivity index (χ2v) is 5.81. The SMILES string of the molecule is CC(O)CN(C)C(=O)NCc1cccc(OCc2ccccc2)c1. The van der Waals surface area contributed by atoms with Crippen molar-refractivity contribution in [1.82, 2.24) is 10.2 Å². The van der Waals surface area contributed by atoms with Gasteiger partial charge in [-0.3, -0.25) is 0 Å². The molecular formula is C19H24N2O3. The van der Waals surface area contributed by atoms with Gasteiger partial charge in [-0.1, -0.05) is 42.5 Å². The van der Waals surface area contributed by atoms with E-state index in [1.165, 1.54) is 4.90 Å². The molecule has 2 N–H and O–H groups in total. The average molecular weight is 328 g/mol. The van der Waals surface area contributed by atoms with E-state index in [-0.39, 0.29) is 6.03 Å². The van der Waals surface area contributed by atoms with Gasteiger partial charge in [0.2, 0.25) is 0 Å². The number of ether oxygens (including phenoxy) is 1. The number of benzene rings is 2. The van der Waals surface area contributed by atoms with E-state index in [2.05, 4.69) is 5.32 Å². The van der Waals surface area contributed by atoms with Crippen LogP contribution in [0.1, 0.15) is 18.1 Å². The molecule has 0 spiro atoms. The Kier molecular flexibility index (Phi) is 6.63. The number of hydrogen-bond donors (Lipinski definition) is 2. The average Bonchev–Trinajstić information content (AvgIpc) is 2.58. The van der Waals surface area contributed by atoms with Gasteiger partial charge in [-0.05, 0) is 30.2 Å². The maximum Gasteiger partial charge on any atom is 0.317 e. The van der Waals surface area contributed by atoms with Crippen molar-refractivity contribution in [2.24, 2.45) is 0 Å². The minimum Gasteiger partial charge on any atom is -0.489 e. The van der Waals surface area contributed by atoms with Crippen LogP contribution in [0.2, 0.25) is 0 Å². The highest BCUT2D eigenvalue weighted by Crippen LogP contribution is 2.15. The lowest BCUT2D eigenvalue weighted by atomic mass is 10.2. The first kappa shape index (κ1) is 17.8. The van der Waals surface area contributed by atoms with Gasteiger partial charge in [0.25, 0.3) is 0 Å². The van der Waals surface area contributed by atoms with Gasteiger partial charge in [0.15, 0.2) is 0 Å². The summed E-state index contributed by atoms with van der Waals surface area (Å²) in [5.74, 6) is 0.767. The van der Waals surface area contributed by atoms with Crippen LogP contribution in [0.25, 0.3) is 0 Å². The Morgan fingerprint density at radius 3 is 2.58 bits per heavy atom. The molecule has 2 aromatic carbocycles. The molecule has 24 heavy (non-hydrogen) atoms. The fourth-order valence-corrected chi connectivity index (χ4v) is 2.28. The van der Waals surface area contributed by atoms with Crippen molar-refractivity contribution in [3.8, 4) is 5.75 Å². The van der Waals surface area contributed by atoms with E-state index >= 15 is 0 Å². The third-order valence-corrected chi connectivity index (χ3v) is 3.48. The molecule has 0 aliphatic heterocycles. The molecule has 0 heterocycles. The van der Waals surface area contributed by atoms with Crippen molar-refractivity contribution >= 4 is 6.03 Å². The topological polar surface area (TPSA) is 61.8 Å². The summed E-state index contributed by atoms with van der Waals surface area (Å²) >= 11 is 0. The molecule has 0 bridgehead atoms. The highest BCUT2D eigenvalue weighted by molar-refractivity contribution is 5.73. The Hall–Kier alpha value is -2.53. The van der Waals surface area contributed by atoms with Crippen LogP contribution in [-0.4, -0.2) is 35.7 Å². The molecular weight excluding hydrogens is 304 g/mol. The highest BCUT2D eigenvalue weighted by atomic mass is 16.5. The van der Waals surface area contributed by atoms with Crippen LogP contribution in [0.3, 0.4) is 0 Å². The number of carbonyl (C=O) groups is 1. The summed E-state index contributed by atoms with van der Waals surface area (Å²) < 4.78 is 5.78. The Morgan fingerprint density at radius 2 is 1.88 bits per heavy atom. The Balaban J connectivity index is 1.85. The number of rotatable bonds is 7. The summed E-state index contributed by atoms with van der Waals surface area (Å²) in [5.41, 5.74) is 2.07. The fraction of sp³-hybridized carbons (Fsp3) is 0.316. The second kappa shape index (κ2) is 8.93. The number of aliphatic hydroxyl groups is 1. The van der Waals surface area contributed by atoms with Gasteiger partial charge in [-0.15, -0.1) is 0 Å². The molecule has 0 aromatic heterocycles. The van der Waals surface area contributed by atoms with Crippen LogP contribution < -0.4 is 10.1 Å². The van der Waals surface area contributed by atoms with E-state index in [4.69, 9.17) is 4.74 Å². The first-order chi connectivity index (χ1) is 11.5.